The maximum atomic E-state index is 13.3. The van der Waals surface area contributed by atoms with Gasteiger partial charge < -0.3 is 4.74 Å². The largest absolute Gasteiger partial charge is 0.452 e. The Morgan fingerprint density at radius 2 is 1.97 bits per heavy atom. The number of aryl methyl sites for hydroxylation is 2. The minimum atomic E-state index is -4.53. The predicted molar refractivity (Wildman–Crippen MR) is 116 cm³/mol. The number of anilines is 1. The van der Waals surface area contributed by atoms with Gasteiger partial charge in [0, 0.05) is 5.56 Å². The molecule has 1 unspecified atom stereocenters. The van der Waals surface area contributed by atoms with Crippen LogP contribution in [0.5, 0.6) is 0 Å². The molecule has 14 heteroatoms. The minimum Gasteiger partial charge on any atom is -0.452 e. The van der Waals surface area contributed by atoms with Crippen LogP contribution in [0.4, 0.5) is 16.2 Å². The first-order valence-electron chi connectivity index (χ1n) is 8.91. The number of carbonyl (C=O) groups excluding carboxylic acids is 1. The molecule has 1 N–H and O–H groups in total. The second-order valence-corrected chi connectivity index (χ2v) is 9.22. The molecule has 2 aliphatic rings. The third kappa shape index (κ3) is 3.62. The first-order chi connectivity index (χ1) is 14.3. The summed E-state index contributed by atoms with van der Waals surface area (Å²) in [7, 11) is -0.0241. The van der Waals surface area contributed by atoms with Crippen LogP contribution in [0.2, 0.25) is 0 Å². The van der Waals surface area contributed by atoms with E-state index in [2.05, 4.69) is 9.71 Å². The lowest BCUT2D eigenvalue weighted by Crippen LogP contribution is -2.63. The fourth-order valence-electron chi connectivity index (χ4n) is 3.31. The van der Waals surface area contributed by atoms with E-state index in [9.17, 15) is 23.3 Å². The van der Waals surface area contributed by atoms with Crippen molar-refractivity contribution in [3.63, 3.8) is 0 Å². The van der Waals surface area contributed by atoms with E-state index in [1.807, 2.05) is 0 Å². The van der Waals surface area contributed by atoms with Gasteiger partial charge in [-0.15, -0.1) is 0 Å². The van der Waals surface area contributed by atoms with E-state index in [1.54, 1.807) is 25.2 Å². The second-order valence-electron chi connectivity index (χ2n) is 7.22. The Morgan fingerprint density at radius 3 is 2.55 bits per heavy atom. The molecule has 1 aromatic carbocycles. The molecule has 2 heterocycles. The molecule has 1 amide bonds. The van der Waals surface area contributed by atoms with Gasteiger partial charge in [-0.2, -0.15) is 22.9 Å². The van der Waals surface area contributed by atoms with E-state index in [-0.39, 0.29) is 28.2 Å². The normalized spacial score (nSPS) is 20.7. The topological polar surface area (TPSA) is 134 Å². The number of nitrogens with zero attached hydrogens (tertiary/aromatic N) is 5. The van der Waals surface area contributed by atoms with Crippen LogP contribution < -0.4 is 4.72 Å². The number of thiocarbonyl (C=S) groups is 1. The number of amidine groups is 1. The number of rotatable bonds is 3. The molecule has 0 saturated carbocycles. The first-order valence-corrected chi connectivity index (χ1v) is 10.8. The standard InChI is InChI=1S/C17H21N6O6S2/c1-10-6-7-11(2)15(22(25)26)14(10)19-31(27,28)16-18-12-8-13(30)20(3)23(12,4)9-21(16)17(24)29-5/h6-8,19H,9H2,1-5H3/q+1. The molecular weight excluding hydrogens is 448 g/mol. The number of nitro benzene ring substituents is 1. The molecule has 1 atom stereocenters. The lowest BCUT2D eigenvalue weighted by Gasteiger charge is -2.41. The summed E-state index contributed by atoms with van der Waals surface area (Å²) in [6.45, 7) is 2.87. The van der Waals surface area contributed by atoms with Crippen LogP contribution in [-0.4, -0.2) is 72.0 Å². The number of carbonyl (C=O) groups is 1. The number of hydrogen-bond donors (Lipinski definition) is 1. The number of nitrogens with one attached hydrogen (secondary N) is 1. The lowest BCUT2D eigenvalue weighted by atomic mass is 10.1. The molecule has 1 aromatic rings. The fourth-order valence-corrected chi connectivity index (χ4v) is 4.85. The van der Waals surface area contributed by atoms with Crippen LogP contribution in [0, 0.1) is 24.0 Å². The van der Waals surface area contributed by atoms with Crippen LogP contribution in [0.3, 0.4) is 0 Å². The molecule has 2 aliphatic heterocycles. The molecule has 0 bridgehead atoms. The first kappa shape index (κ1) is 22.6. The van der Waals surface area contributed by atoms with E-state index >= 15 is 0 Å². The van der Waals surface area contributed by atoms with E-state index in [0.717, 1.165) is 12.0 Å². The Balaban J connectivity index is 2.16. The number of benzene rings is 1. The molecule has 0 saturated heterocycles. The van der Waals surface area contributed by atoms with E-state index in [4.69, 9.17) is 17.0 Å². The highest BCUT2D eigenvalue weighted by Crippen LogP contribution is 2.35. The van der Waals surface area contributed by atoms with Crippen LogP contribution >= 0.6 is 12.2 Å². The summed E-state index contributed by atoms with van der Waals surface area (Å²) >= 11 is 5.26. The van der Waals surface area contributed by atoms with Crippen molar-refractivity contribution in [2.45, 2.75) is 13.8 Å². The highest BCUT2D eigenvalue weighted by atomic mass is 32.2. The van der Waals surface area contributed by atoms with Crippen molar-refractivity contribution < 1.29 is 27.5 Å². The van der Waals surface area contributed by atoms with Gasteiger partial charge in [0.05, 0.1) is 32.2 Å². The maximum absolute atomic E-state index is 13.3. The number of amides is 1. The molecule has 166 valence electrons. The van der Waals surface area contributed by atoms with Gasteiger partial charge in [0.2, 0.25) is 0 Å². The summed E-state index contributed by atoms with van der Waals surface area (Å²) in [4.78, 5) is 28.8. The third-order valence-corrected chi connectivity index (χ3v) is 6.87. The average Bonchev–Trinajstić information content (AvgIpc) is 2.91. The summed E-state index contributed by atoms with van der Waals surface area (Å²) in [6.07, 6.45) is 0.573. The van der Waals surface area contributed by atoms with Gasteiger partial charge in [-0.3, -0.25) is 14.8 Å². The molecule has 0 radical (unpaired) electrons. The van der Waals surface area contributed by atoms with Crippen molar-refractivity contribution in [2.24, 2.45) is 4.99 Å². The molecule has 0 spiro atoms. The van der Waals surface area contributed by atoms with Crippen molar-refractivity contribution in [3.8, 4) is 0 Å². The molecule has 12 nitrogen and oxygen atoms in total. The van der Waals surface area contributed by atoms with Crippen molar-refractivity contribution in [1.82, 2.24) is 9.91 Å². The van der Waals surface area contributed by atoms with E-state index in [0.29, 0.717) is 16.4 Å². The van der Waals surface area contributed by atoms with Crippen molar-refractivity contribution in [3.05, 3.63) is 45.3 Å². The van der Waals surface area contributed by atoms with Gasteiger partial charge in [0.15, 0.2) is 11.7 Å². The summed E-state index contributed by atoms with van der Waals surface area (Å²) in [5.74, 6) is 0.295. The Morgan fingerprint density at radius 1 is 1.35 bits per heavy atom. The van der Waals surface area contributed by atoms with Crippen LogP contribution in [0.25, 0.3) is 0 Å². The molecule has 3 rings (SSSR count). The summed E-state index contributed by atoms with van der Waals surface area (Å²) in [5, 5.41) is 12.6. The third-order valence-electron chi connectivity index (χ3n) is 5.23. The van der Waals surface area contributed by atoms with Crippen molar-refractivity contribution in [2.75, 3.05) is 32.6 Å². The highest BCUT2D eigenvalue weighted by Gasteiger charge is 2.51. The van der Waals surface area contributed by atoms with Gasteiger partial charge in [-0.05, 0) is 19.4 Å². The SMILES string of the molecule is COC(=O)N1C[N+]2(C)C(=CC(=S)N2C)N=C1S(=O)(=O)Nc1c(C)ccc(C)c1[N+](=O)[O-]. The Kier molecular flexibility index (Phi) is 5.50. The van der Waals surface area contributed by atoms with E-state index in [1.165, 1.54) is 26.0 Å². The van der Waals surface area contributed by atoms with Gasteiger partial charge >= 0.3 is 6.09 Å². The number of methoxy groups -OCH3 is 1. The Bertz CT molecular complexity index is 1180. The monoisotopic (exact) mass is 469 g/mol. The molecule has 0 fully saturated rings. The average molecular weight is 470 g/mol. The number of aliphatic imine (C=N–C) groups is 1. The van der Waals surface area contributed by atoms with E-state index < -0.39 is 26.2 Å². The highest BCUT2D eigenvalue weighted by molar-refractivity contribution is 8.07. The maximum Gasteiger partial charge on any atom is 0.420 e. The second kappa shape index (κ2) is 7.55. The number of ether oxygens (including phenoxy) is 1. The van der Waals surface area contributed by atoms with Gasteiger partial charge in [-0.25, -0.2) is 9.80 Å². The summed E-state index contributed by atoms with van der Waals surface area (Å²) in [5.41, 5.74) is 0.0292. The number of quaternary nitrogens is 1. The van der Waals surface area contributed by atoms with Gasteiger partial charge in [0.1, 0.15) is 5.69 Å². The zero-order chi connectivity index (χ0) is 23.3. The molecule has 0 aromatic heterocycles. The predicted octanol–water partition coefficient (Wildman–Crippen LogP) is 1.82. The zero-order valence-electron chi connectivity index (χ0n) is 17.4. The summed E-state index contributed by atoms with van der Waals surface area (Å²) < 4.78 is 33.5. The zero-order valence-corrected chi connectivity index (χ0v) is 19.1. The number of nitro groups is 1. The van der Waals surface area contributed by atoms with Gasteiger partial charge in [-0.1, -0.05) is 24.4 Å². The summed E-state index contributed by atoms with van der Waals surface area (Å²) in [6, 6.07) is 3.08. The van der Waals surface area contributed by atoms with Crippen molar-refractivity contribution >= 4 is 49.9 Å². The van der Waals surface area contributed by atoms with Crippen LogP contribution in [0.1, 0.15) is 11.1 Å². The Labute approximate surface area is 184 Å². The lowest BCUT2D eigenvalue weighted by molar-refractivity contribution is -0.973. The number of fused-ring (bicyclic) bond motifs is 1. The molecular formula is C17H21N6O6S2+. The van der Waals surface area contributed by atoms with Gasteiger partial charge in [0.25, 0.3) is 26.7 Å². The number of sulfonamides is 1. The van der Waals surface area contributed by atoms with Crippen LogP contribution in [-0.2, 0) is 14.8 Å². The Hall–Kier alpha value is -3.10. The minimum absolute atomic E-state index is 0.0728. The van der Waals surface area contributed by atoms with Crippen LogP contribution in [0.15, 0.2) is 29.0 Å². The molecule has 0 aliphatic carbocycles. The van der Waals surface area contributed by atoms with Crippen molar-refractivity contribution in [1.29, 1.82) is 0 Å². The molecule has 31 heavy (non-hydrogen) atoms. The fraction of sp³-hybridized carbons (Fsp3) is 0.353. The number of hydrogen-bond acceptors (Lipinski definition) is 8. The quantitative estimate of drug-likeness (QED) is 0.307. The smallest absolute Gasteiger partial charge is 0.420 e. The number of likely N-dealkylation sites (N-methyl/N-ethyl adjacent to an activating group) is 1.